The number of hydrogen-bond donors (Lipinski definition) is 1. The molecule has 0 aliphatic carbocycles. The highest BCUT2D eigenvalue weighted by molar-refractivity contribution is 7.19. The molecule has 4 aromatic rings. The second kappa shape index (κ2) is 4.42. The molecular formula is C14H13N5S. The van der Waals surface area contributed by atoms with Gasteiger partial charge < -0.3 is 4.98 Å². The fourth-order valence-corrected chi connectivity index (χ4v) is 3.16. The molecule has 5 nitrogen and oxygen atoms in total. The van der Waals surface area contributed by atoms with Gasteiger partial charge in [0.25, 0.3) is 0 Å². The van der Waals surface area contributed by atoms with Crippen LogP contribution in [0.1, 0.15) is 19.2 Å². The van der Waals surface area contributed by atoms with E-state index < -0.39 is 0 Å². The lowest BCUT2D eigenvalue weighted by Gasteiger charge is -1.91. The van der Waals surface area contributed by atoms with Crippen LogP contribution in [0, 0.1) is 0 Å². The van der Waals surface area contributed by atoms with Crippen molar-refractivity contribution in [2.45, 2.75) is 19.8 Å². The number of benzene rings is 1. The molecule has 0 amide bonds. The molecule has 6 heteroatoms. The molecule has 0 radical (unpaired) electrons. The summed E-state index contributed by atoms with van der Waals surface area (Å²) in [6.45, 7) is 2.13. The molecule has 4 rings (SSSR count). The van der Waals surface area contributed by atoms with Crippen LogP contribution in [0.5, 0.6) is 0 Å². The fraction of sp³-hybridized carbons (Fsp3) is 0.214. The maximum absolute atomic E-state index is 4.64. The summed E-state index contributed by atoms with van der Waals surface area (Å²) in [6, 6.07) is 10.4. The third-order valence-corrected chi connectivity index (χ3v) is 4.22. The van der Waals surface area contributed by atoms with Crippen LogP contribution in [0.3, 0.4) is 0 Å². The lowest BCUT2D eigenvalue weighted by molar-refractivity contribution is 0.778. The second-order valence-corrected chi connectivity index (χ2v) is 5.69. The summed E-state index contributed by atoms with van der Waals surface area (Å²) in [5, 5.41) is 15.1. The van der Waals surface area contributed by atoms with E-state index in [9.17, 15) is 0 Å². The van der Waals surface area contributed by atoms with Crippen LogP contribution in [-0.2, 0) is 6.42 Å². The minimum absolute atomic E-state index is 0.849. The molecule has 0 aliphatic rings. The third-order valence-electron chi connectivity index (χ3n) is 3.29. The number of nitrogens with zero attached hydrogens (tertiary/aromatic N) is 4. The Labute approximate surface area is 119 Å². The van der Waals surface area contributed by atoms with Crippen LogP contribution in [0.2, 0.25) is 0 Å². The number of H-pyrrole nitrogens is 1. The molecule has 3 aromatic heterocycles. The lowest BCUT2D eigenvalue weighted by atomic mass is 10.2. The van der Waals surface area contributed by atoms with E-state index >= 15 is 0 Å². The molecule has 0 saturated carbocycles. The standard InChI is InChI=1S/C14H13N5S/c1-2-5-12-16-17-14-19(12)18-13(20-14)11-8-9-6-3-4-7-10(9)15-11/h3-4,6-8,15H,2,5H2,1H3. The molecule has 3 heterocycles. The summed E-state index contributed by atoms with van der Waals surface area (Å²) in [5.74, 6) is 0.932. The van der Waals surface area contributed by atoms with Gasteiger partial charge in [-0.3, -0.25) is 0 Å². The molecule has 0 spiro atoms. The average Bonchev–Trinajstić information content (AvgIpc) is 3.12. The Balaban J connectivity index is 1.84. The molecular weight excluding hydrogens is 270 g/mol. The molecule has 100 valence electrons. The molecule has 20 heavy (non-hydrogen) atoms. The summed E-state index contributed by atoms with van der Waals surface area (Å²) in [6.07, 6.45) is 1.94. The number of aromatic nitrogens is 5. The number of nitrogens with one attached hydrogen (secondary N) is 1. The second-order valence-electron chi connectivity index (χ2n) is 4.74. The molecule has 0 aliphatic heterocycles. The van der Waals surface area contributed by atoms with Crippen LogP contribution in [-0.4, -0.2) is 24.8 Å². The quantitative estimate of drug-likeness (QED) is 0.627. The van der Waals surface area contributed by atoms with Gasteiger partial charge in [0, 0.05) is 17.3 Å². The molecule has 0 fully saturated rings. The van der Waals surface area contributed by atoms with Crippen molar-refractivity contribution >= 4 is 27.2 Å². The fourth-order valence-electron chi connectivity index (χ4n) is 2.33. The van der Waals surface area contributed by atoms with Crippen molar-refractivity contribution < 1.29 is 0 Å². The first-order chi connectivity index (χ1) is 9.85. The highest BCUT2D eigenvalue weighted by Crippen LogP contribution is 2.28. The highest BCUT2D eigenvalue weighted by Gasteiger charge is 2.13. The first kappa shape index (κ1) is 11.6. The van der Waals surface area contributed by atoms with Gasteiger partial charge in [-0.15, -0.1) is 10.2 Å². The Morgan fingerprint density at radius 3 is 3.00 bits per heavy atom. The van der Waals surface area contributed by atoms with Crippen molar-refractivity contribution in [3.63, 3.8) is 0 Å². The van der Waals surface area contributed by atoms with Gasteiger partial charge in [-0.05, 0) is 18.6 Å². The predicted octanol–water partition coefficient (Wildman–Crippen LogP) is 3.29. The third kappa shape index (κ3) is 1.72. The van der Waals surface area contributed by atoms with Gasteiger partial charge in [0.05, 0.1) is 5.69 Å². The minimum Gasteiger partial charge on any atom is -0.353 e. The maximum Gasteiger partial charge on any atom is 0.235 e. The van der Waals surface area contributed by atoms with Gasteiger partial charge in [-0.25, -0.2) is 0 Å². The van der Waals surface area contributed by atoms with Crippen molar-refractivity contribution in [3.05, 3.63) is 36.2 Å². The van der Waals surface area contributed by atoms with Crippen LogP contribution in [0.25, 0.3) is 26.6 Å². The van der Waals surface area contributed by atoms with Gasteiger partial charge in [-0.2, -0.15) is 9.61 Å². The van der Waals surface area contributed by atoms with Crippen LogP contribution < -0.4 is 0 Å². The number of aryl methyl sites for hydroxylation is 1. The molecule has 1 aromatic carbocycles. The van der Waals surface area contributed by atoms with Crippen molar-refractivity contribution in [1.82, 2.24) is 24.8 Å². The zero-order valence-corrected chi connectivity index (χ0v) is 11.8. The van der Waals surface area contributed by atoms with E-state index in [2.05, 4.69) is 45.4 Å². The first-order valence-electron chi connectivity index (χ1n) is 6.64. The van der Waals surface area contributed by atoms with E-state index in [1.165, 1.54) is 5.39 Å². The first-order valence-corrected chi connectivity index (χ1v) is 7.46. The van der Waals surface area contributed by atoms with Gasteiger partial charge in [0.1, 0.15) is 0 Å². The van der Waals surface area contributed by atoms with Crippen LogP contribution in [0.4, 0.5) is 0 Å². The minimum atomic E-state index is 0.849. The smallest absolute Gasteiger partial charge is 0.235 e. The Morgan fingerprint density at radius 1 is 1.25 bits per heavy atom. The van der Waals surface area contributed by atoms with Crippen LogP contribution in [0.15, 0.2) is 30.3 Å². The van der Waals surface area contributed by atoms with Gasteiger partial charge >= 0.3 is 0 Å². The van der Waals surface area contributed by atoms with Gasteiger partial charge in [0.2, 0.25) is 4.96 Å². The number of para-hydroxylation sites is 1. The van der Waals surface area contributed by atoms with Crippen molar-refractivity contribution in [2.24, 2.45) is 0 Å². The largest absolute Gasteiger partial charge is 0.353 e. The normalized spacial score (nSPS) is 11.7. The van der Waals surface area contributed by atoms with E-state index in [0.717, 1.165) is 39.8 Å². The maximum atomic E-state index is 4.64. The molecule has 1 N–H and O–H groups in total. The van der Waals surface area contributed by atoms with Crippen LogP contribution >= 0.6 is 11.3 Å². The predicted molar refractivity (Wildman–Crippen MR) is 79.9 cm³/mol. The molecule has 0 saturated heterocycles. The molecule has 0 atom stereocenters. The summed E-state index contributed by atoms with van der Waals surface area (Å²) >= 11 is 1.56. The van der Waals surface area contributed by atoms with Gasteiger partial charge in [0.15, 0.2) is 10.8 Å². The van der Waals surface area contributed by atoms with E-state index in [-0.39, 0.29) is 0 Å². The summed E-state index contributed by atoms with van der Waals surface area (Å²) in [4.78, 5) is 4.25. The van der Waals surface area contributed by atoms with Crippen molar-refractivity contribution in [2.75, 3.05) is 0 Å². The Morgan fingerprint density at radius 2 is 2.15 bits per heavy atom. The number of hydrogen-bond acceptors (Lipinski definition) is 4. The van der Waals surface area contributed by atoms with Crippen molar-refractivity contribution in [1.29, 1.82) is 0 Å². The SMILES string of the molecule is CCCc1nnc2sc(-c3cc4ccccc4[nH]3)nn12. The van der Waals surface area contributed by atoms with E-state index in [1.54, 1.807) is 11.3 Å². The highest BCUT2D eigenvalue weighted by atomic mass is 32.1. The topological polar surface area (TPSA) is 58.9 Å². The zero-order chi connectivity index (χ0) is 13.5. The Bertz CT molecular complexity index is 852. The monoisotopic (exact) mass is 283 g/mol. The summed E-state index contributed by atoms with van der Waals surface area (Å²) in [7, 11) is 0. The Hall–Kier alpha value is -2.21. The Kier molecular flexibility index (Phi) is 2.56. The zero-order valence-electron chi connectivity index (χ0n) is 11.0. The lowest BCUT2D eigenvalue weighted by Crippen LogP contribution is -1.95. The van der Waals surface area contributed by atoms with E-state index in [1.807, 2.05) is 16.6 Å². The van der Waals surface area contributed by atoms with Gasteiger partial charge in [-0.1, -0.05) is 36.5 Å². The van der Waals surface area contributed by atoms with E-state index in [4.69, 9.17) is 0 Å². The molecule has 0 bridgehead atoms. The van der Waals surface area contributed by atoms with Crippen molar-refractivity contribution in [3.8, 4) is 10.7 Å². The summed E-state index contributed by atoms with van der Waals surface area (Å²) < 4.78 is 1.86. The summed E-state index contributed by atoms with van der Waals surface area (Å²) in [5.41, 5.74) is 2.16. The number of aromatic amines is 1. The number of fused-ring (bicyclic) bond motifs is 2. The molecule has 0 unspecified atom stereocenters. The van der Waals surface area contributed by atoms with E-state index in [0.29, 0.717) is 0 Å². The number of rotatable bonds is 3. The average molecular weight is 283 g/mol.